The first-order chi connectivity index (χ1) is 5.36. The maximum absolute atomic E-state index is 8.60. The first-order valence-electron chi connectivity index (χ1n) is 3.60. The Balaban J connectivity index is 2.81. The molecule has 1 rings (SSSR count). The van der Waals surface area contributed by atoms with Crippen molar-refractivity contribution in [2.24, 2.45) is 0 Å². The zero-order valence-electron chi connectivity index (χ0n) is 6.46. The summed E-state index contributed by atoms with van der Waals surface area (Å²) in [6.07, 6.45) is 6.39. The molecule has 1 N–H and O–H groups in total. The van der Waals surface area contributed by atoms with Crippen LogP contribution in [0.2, 0.25) is 0 Å². The van der Waals surface area contributed by atoms with Crippen LogP contribution in [0.1, 0.15) is 18.9 Å². The van der Waals surface area contributed by atoms with Gasteiger partial charge in [0.25, 0.3) is 0 Å². The van der Waals surface area contributed by atoms with Crippen LogP contribution in [0.15, 0.2) is 24.0 Å². The number of rotatable bonds is 2. The molecule has 0 fully saturated rings. The van der Waals surface area contributed by atoms with Crippen LogP contribution in [0.25, 0.3) is 6.08 Å². The molecule has 0 amide bonds. The van der Waals surface area contributed by atoms with Crippen LogP contribution in [-0.2, 0) is 0 Å². The number of H-pyrrole nitrogens is 1. The number of nitrogens with zero attached hydrogens (tertiary/aromatic N) is 1. The smallest absolute Gasteiger partial charge is 0.0947 e. The van der Waals surface area contributed by atoms with Gasteiger partial charge in [-0.15, -0.1) is 0 Å². The molecule has 1 aromatic rings. The highest BCUT2D eigenvalue weighted by Crippen LogP contribution is 2.07. The van der Waals surface area contributed by atoms with E-state index in [1.165, 1.54) is 0 Å². The number of hydrogen-bond donors (Lipinski definition) is 1. The van der Waals surface area contributed by atoms with Gasteiger partial charge in [-0.05, 0) is 24.1 Å². The zero-order valence-corrected chi connectivity index (χ0v) is 6.46. The predicted molar refractivity (Wildman–Crippen MR) is 44.7 cm³/mol. The fourth-order valence-corrected chi connectivity index (χ4v) is 0.841. The highest BCUT2D eigenvalue weighted by molar-refractivity contribution is 5.55. The molecule has 0 aliphatic carbocycles. The Morgan fingerprint density at radius 2 is 2.64 bits per heavy atom. The summed E-state index contributed by atoms with van der Waals surface area (Å²) in [6.45, 7) is 1.97. The van der Waals surface area contributed by atoms with Gasteiger partial charge >= 0.3 is 0 Å². The topological polar surface area (TPSA) is 39.6 Å². The third-order valence-corrected chi connectivity index (χ3v) is 1.49. The Morgan fingerprint density at radius 1 is 1.82 bits per heavy atom. The van der Waals surface area contributed by atoms with Crippen molar-refractivity contribution in [3.63, 3.8) is 0 Å². The van der Waals surface area contributed by atoms with Gasteiger partial charge in [0.1, 0.15) is 0 Å². The summed E-state index contributed by atoms with van der Waals surface area (Å²) in [5, 5.41) is 8.60. The molecule has 0 bridgehead atoms. The molecule has 0 atom stereocenters. The van der Waals surface area contributed by atoms with Crippen molar-refractivity contribution in [2.45, 2.75) is 13.3 Å². The second-order valence-electron chi connectivity index (χ2n) is 2.28. The maximum Gasteiger partial charge on any atom is 0.0947 e. The van der Waals surface area contributed by atoms with Gasteiger partial charge in [-0.1, -0.05) is 6.92 Å². The van der Waals surface area contributed by atoms with E-state index in [1.807, 2.05) is 31.5 Å². The summed E-state index contributed by atoms with van der Waals surface area (Å²) in [5.74, 6) is 0. The Bertz CT molecular complexity index is 275. The molecule has 1 aromatic heterocycles. The molecule has 56 valence electrons. The van der Waals surface area contributed by atoms with Crippen LogP contribution < -0.4 is 0 Å². The standard InChI is InChI=1S/C9H10N2/c1-2-8(6-10)5-9-3-4-11-7-9/h3-5,7,11H,2H2,1H3/b8-5+. The molecule has 1 heterocycles. The van der Waals surface area contributed by atoms with Crippen molar-refractivity contribution < 1.29 is 0 Å². The molecule has 0 unspecified atom stereocenters. The van der Waals surface area contributed by atoms with Crippen molar-refractivity contribution >= 4 is 6.08 Å². The number of hydrogen-bond acceptors (Lipinski definition) is 1. The largest absolute Gasteiger partial charge is 0.367 e. The van der Waals surface area contributed by atoms with Crippen molar-refractivity contribution in [1.29, 1.82) is 5.26 Å². The van der Waals surface area contributed by atoms with E-state index in [4.69, 9.17) is 5.26 Å². The number of nitriles is 1. The van der Waals surface area contributed by atoms with Gasteiger partial charge in [0.15, 0.2) is 0 Å². The molecule has 0 aromatic carbocycles. The molecular weight excluding hydrogens is 136 g/mol. The molecule has 0 saturated heterocycles. The number of nitrogens with one attached hydrogen (secondary N) is 1. The fourth-order valence-electron chi connectivity index (χ4n) is 0.841. The maximum atomic E-state index is 8.60. The van der Waals surface area contributed by atoms with Gasteiger partial charge in [0.05, 0.1) is 6.07 Å². The van der Waals surface area contributed by atoms with E-state index in [1.54, 1.807) is 0 Å². The highest BCUT2D eigenvalue weighted by atomic mass is 14.6. The molecule has 11 heavy (non-hydrogen) atoms. The van der Waals surface area contributed by atoms with Crippen LogP contribution >= 0.6 is 0 Å². The monoisotopic (exact) mass is 146 g/mol. The Labute approximate surface area is 66.2 Å². The lowest BCUT2D eigenvalue weighted by molar-refractivity contribution is 1.16. The van der Waals surface area contributed by atoms with Gasteiger partial charge in [0.2, 0.25) is 0 Å². The Morgan fingerprint density at radius 3 is 3.09 bits per heavy atom. The zero-order chi connectivity index (χ0) is 8.10. The fraction of sp³-hybridized carbons (Fsp3) is 0.222. The summed E-state index contributed by atoms with van der Waals surface area (Å²) >= 11 is 0. The summed E-state index contributed by atoms with van der Waals surface area (Å²) < 4.78 is 0. The molecule has 0 aliphatic rings. The molecule has 0 spiro atoms. The second-order valence-corrected chi connectivity index (χ2v) is 2.28. The number of allylic oxidation sites excluding steroid dienone is 1. The summed E-state index contributed by atoms with van der Waals surface area (Å²) in [7, 11) is 0. The molecule has 0 aliphatic heterocycles. The van der Waals surface area contributed by atoms with Crippen molar-refractivity contribution in [1.82, 2.24) is 4.98 Å². The first kappa shape index (κ1) is 7.62. The predicted octanol–water partition coefficient (Wildman–Crippen LogP) is 2.33. The summed E-state index contributed by atoms with van der Waals surface area (Å²) in [4.78, 5) is 2.93. The average molecular weight is 146 g/mol. The first-order valence-corrected chi connectivity index (χ1v) is 3.60. The van der Waals surface area contributed by atoms with Crippen LogP contribution in [0, 0.1) is 11.3 Å². The van der Waals surface area contributed by atoms with Crippen molar-refractivity contribution in [3.05, 3.63) is 29.6 Å². The molecule has 2 heteroatoms. The van der Waals surface area contributed by atoms with Crippen LogP contribution in [-0.4, -0.2) is 4.98 Å². The second kappa shape index (κ2) is 3.62. The van der Waals surface area contributed by atoms with E-state index in [0.717, 1.165) is 17.6 Å². The SMILES string of the molecule is CC/C(C#N)=C\c1cc[nH]c1. The van der Waals surface area contributed by atoms with Crippen LogP contribution in [0.4, 0.5) is 0 Å². The minimum Gasteiger partial charge on any atom is -0.367 e. The Hall–Kier alpha value is -1.49. The van der Waals surface area contributed by atoms with E-state index in [0.29, 0.717) is 0 Å². The van der Waals surface area contributed by atoms with E-state index in [-0.39, 0.29) is 0 Å². The van der Waals surface area contributed by atoms with Gasteiger partial charge in [0, 0.05) is 18.0 Å². The van der Waals surface area contributed by atoms with Crippen LogP contribution in [0.3, 0.4) is 0 Å². The van der Waals surface area contributed by atoms with E-state index in [2.05, 4.69) is 11.1 Å². The van der Waals surface area contributed by atoms with Gasteiger partial charge < -0.3 is 4.98 Å². The van der Waals surface area contributed by atoms with E-state index in [9.17, 15) is 0 Å². The minimum atomic E-state index is 0.793. The number of aromatic nitrogens is 1. The van der Waals surface area contributed by atoms with Gasteiger partial charge in [-0.25, -0.2) is 0 Å². The molecular formula is C9H10N2. The summed E-state index contributed by atoms with van der Waals surface area (Å²) in [6, 6.07) is 4.07. The van der Waals surface area contributed by atoms with Crippen molar-refractivity contribution in [3.8, 4) is 6.07 Å². The van der Waals surface area contributed by atoms with Gasteiger partial charge in [-0.2, -0.15) is 5.26 Å². The highest BCUT2D eigenvalue weighted by Gasteiger charge is 1.91. The lowest BCUT2D eigenvalue weighted by Gasteiger charge is -1.88. The minimum absolute atomic E-state index is 0.793. The molecule has 2 nitrogen and oxygen atoms in total. The Kier molecular flexibility index (Phi) is 2.51. The lowest BCUT2D eigenvalue weighted by atomic mass is 10.1. The quantitative estimate of drug-likeness (QED) is 0.639. The van der Waals surface area contributed by atoms with Crippen LogP contribution in [0.5, 0.6) is 0 Å². The van der Waals surface area contributed by atoms with Crippen molar-refractivity contribution in [2.75, 3.05) is 0 Å². The molecule has 0 saturated carbocycles. The molecule has 0 radical (unpaired) electrons. The normalized spacial score (nSPS) is 11.1. The lowest BCUT2D eigenvalue weighted by Crippen LogP contribution is -1.73. The van der Waals surface area contributed by atoms with E-state index < -0.39 is 0 Å². The third-order valence-electron chi connectivity index (χ3n) is 1.49. The van der Waals surface area contributed by atoms with E-state index >= 15 is 0 Å². The number of aromatic amines is 1. The van der Waals surface area contributed by atoms with Gasteiger partial charge in [-0.3, -0.25) is 0 Å². The summed E-state index contributed by atoms with van der Waals surface area (Å²) in [5.41, 5.74) is 1.87. The average Bonchev–Trinajstić information content (AvgIpc) is 2.52. The third kappa shape index (κ3) is 1.98.